The summed E-state index contributed by atoms with van der Waals surface area (Å²) in [7, 11) is 0. The molecular weight excluding hydrogens is 534 g/mol. The highest BCUT2D eigenvalue weighted by atomic mass is 16.6. The first kappa shape index (κ1) is 29.0. The molecule has 42 heavy (non-hydrogen) atoms. The second kappa shape index (κ2) is 11.8. The monoisotopic (exact) mass is 571 g/mol. The van der Waals surface area contributed by atoms with Crippen LogP contribution in [0.2, 0.25) is 0 Å². The zero-order valence-corrected chi connectivity index (χ0v) is 24.7. The van der Waals surface area contributed by atoms with E-state index >= 15 is 0 Å². The number of carbonyl (C=O) groups is 2. The molecule has 1 aliphatic heterocycles. The normalized spacial score (nSPS) is 20.3. The third-order valence-electron chi connectivity index (χ3n) is 7.44. The van der Waals surface area contributed by atoms with Gasteiger partial charge in [-0.25, -0.2) is 9.48 Å². The fraction of sp³-hybridized carbons (Fsp3) is 0.484. The number of likely N-dealkylation sites (tertiary alicyclic amines) is 1. The predicted octanol–water partition coefficient (Wildman–Crippen LogP) is 4.46. The lowest BCUT2D eigenvalue weighted by molar-refractivity contribution is -0.128. The number of nitrogens with zero attached hydrogens (tertiary/aromatic N) is 6. The average Bonchev–Trinajstić information content (AvgIpc) is 3.69. The Morgan fingerprint density at radius 1 is 1.12 bits per heavy atom. The van der Waals surface area contributed by atoms with E-state index in [0.29, 0.717) is 23.6 Å². The highest BCUT2D eigenvalue weighted by Crippen LogP contribution is 2.43. The fourth-order valence-electron chi connectivity index (χ4n) is 5.69. The summed E-state index contributed by atoms with van der Waals surface area (Å²) in [6.45, 7) is 9.36. The van der Waals surface area contributed by atoms with Crippen LogP contribution in [-0.4, -0.2) is 66.7 Å². The van der Waals surface area contributed by atoms with E-state index < -0.39 is 23.8 Å². The Kier molecular flexibility index (Phi) is 8.16. The van der Waals surface area contributed by atoms with Gasteiger partial charge in [0.25, 0.3) is 0 Å². The Hall–Kier alpha value is -4.46. The molecule has 5 rings (SSSR count). The topological polar surface area (TPSA) is 135 Å². The third-order valence-corrected chi connectivity index (χ3v) is 7.44. The molecule has 2 aromatic heterocycles. The molecule has 1 aromatic carbocycles. The molecule has 1 saturated carbocycles. The predicted molar refractivity (Wildman–Crippen MR) is 155 cm³/mol. The molecule has 2 aliphatic rings. The van der Waals surface area contributed by atoms with E-state index in [-0.39, 0.29) is 24.0 Å². The molecule has 4 atom stereocenters. The maximum absolute atomic E-state index is 13.4. The van der Waals surface area contributed by atoms with Gasteiger partial charge >= 0.3 is 6.09 Å². The summed E-state index contributed by atoms with van der Waals surface area (Å²) in [4.78, 5) is 32.3. The Balaban J connectivity index is 1.21. The Morgan fingerprint density at radius 2 is 1.88 bits per heavy atom. The van der Waals surface area contributed by atoms with Crippen LogP contribution in [0.15, 0.2) is 48.8 Å². The molecule has 1 aliphatic carbocycles. The van der Waals surface area contributed by atoms with Gasteiger partial charge < -0.3 is 14.8 Å². The van der Waals surface area contributed by atoms with E-state index in [0.717, 1.165) is 30.5 Å². The van der Waals surface area contributed by atoms with E-state index in [2.05, 4.69) is 26.7 Å². The number of carbonyl (C=O) groups excluding carboxylic acids is 2. The zero-order valence-electron chi connectivity index (χ0n) is 24.7. The molecule has 1 saturated heterocycles. The van der Waals surface area contributed by atoms with Crippen LogP contribution >= 0.6 is 0 Å². The van der Waals surface area contributed by atoms with E-state index in [9.17, 15) is 14.9 Å². The Labute approximate surface area is 245 Å². The van der Waals surface area contributed by atoms with Gasteiger partial charge in [0.15, 0.2) is 0 Å². The van der Waals surface area contributed by atoms with Crippen molar-refractivity contribution in [1.29, 1.82) is 5.26 Å². The van der Waals surface area contributed by atoms with Crippen molar-refractivity contribution in [3.63, 3.8) is 0 Å². The van der Waals surface area contributed by atoms with Crippen LogP contribution in [-0.2, 0) is 16.0 Å². The number of nitriles is 1. The van der Waals surface area contributed by atoms with Crippen molar-refractivity contribution >= 4 is 12.0 Å². The number of piperidine rings is 1. The van der Waals surface area contributed by atoms with E-state index in [1.54, 1.807) is 22.0 Å². The van der Waals surface area contributed by atoms with Gasteiger partial charge in [0.2, 0.25) is 5.91 Å². The number of ether oxygens (including phenoxy) is 2. The maximum Gasteiger partial charge on any atom is 0.411 e. The molecule has 11 heteroatoms. The number of rotatable bonds is 8. The van der Waals surface area contributed by atoms with E-state index in [4.69, 9.17) is 9.47 Å². The van der Waals surface area contributed by atoms with Crippen molar-refractivity contribution < 1.29 is 19.1 Å². The van der Waals surface area contributed by atoms with Gasteiger partial charge in [0.05, 0.1) is 35.9 Å². The smallest absolute Gasteiger partial charge is 0.411 e. The van der Waals surface area contributed by atoms with Gasteiger partial charge in [-0.05, 0) is 89.6 Å². The van der Waals surface area contributed by atoms with Crippen LogP contribution in [0, 0.1) is 17.2 Å². The molecule has 3 aromatic rings. The molecule has 0 unspecified atom stereocenters. The minimum absolute atomic E-state index is 0.0000164. The number of benzene rings is 1. The van der Waals surface area contributed by atoms with Gasteiger partial charge in [-0.2, -0.15) is 5.26 Å². The minimum Gasteiger partial charge on any atom is -0.489 e. The first-order valence-electron chi connectivity index (χ1n) is 14.4. The van der Waals surface area contributed by atoms with E-state index in [1.807, 2.05) is 71.0 Å². The standard InChI is InChI=1S/C31H37N7O4/c1-19(2)41-25-12-13-26(33-17-25)27-18-37(36-35-27)23-9-6-20(7-10-23)14-22(16-32)34-29(39)28-21-8-11-24(15-21)38(28)30(40)42-31(3,4)5/h6-7,9-10,12-13,17-19,21-22,24,28H,8,11,14-15H2,1-5H3,(H,34,39)/t21-,22-,24+,28-/m0/s1. The molecule has 220 valence electrons. The van der Waals surface area contributed by atoms with Crippen molar-refractivity contribution in [2.45, 2.75) is 90.1 Å². The highest BCUT2D eigenvalue weighted by Gasteiger charge is 2.52. The molecule has 2 bridgehead atoms. The summed E-state index contributed by atoms with van der Waals surface area (Å²) in [6, 6.07) is 12.1. The zero-order chi connectivity index (χ0) is 30.0. The number of pyridine rings is 1. The molecule has 2 amide bonds. The SMILES string of the molecule is CC(C)Oc1ccc(-c2cn(-c3ccc(C[C@@H](C#N)NC(=O)[C@@H]4[C@H]5CC[C@H](C5)N4C(=O)OC(C)(C)C)cc3)nn2)nc1. The molecule has 3 heterocycles. The number of hydrogen-bond donors (Lipinski definition) is 1. The summed E-state index contributed by atoms with van der Waals surface area (Å²) in [5, 5.41) is 21.2. The molecule has 0 radical (unpaired) electrons. The lowest BCUT2D eigenvalue weighted by Crippen LogP contribution is -2.55. The second-order valence-corrected chi connectivity index (χ2v) is 12.2. The summed E-state index contributed by atoms with van der Waals surface area (Å²) in [5.74, 6) is 0.471. The average molecular weight is 572 g/mol. The number of nitrogens with one attached hydrogen (secondary N) is 1. The third kappa shape index (κ3) is 6.54. The molecule has 0 spiro atoms. The van der Waals surface area contributed by atoms with Crippen molar-refractivity contribution in [2.75, 3.05) is 0 Å². The van der Waals surface area contributed by atoms with E-state index in [1.165, 1.54) is 0 Å². The molecule has 1 N–H and O–H groups in total. The lowest BCUT2D eigenvalue weighted by Gasteiger charge is -2.35. The van der Waals surface area contributed by atoms with Gasteiger partial charge in [-0.1, -0.05) is 17.3 Å². The Bertz CT molecular complexity index is 1450. The maximum atomic E-state index is 13.4. The minimum atomic E-state index is -0.741. The lowest BCUT2D eigenvalue weighted by atomic mass is 9.97. The van der Waals surface area contributed by atoms with Crippen LogP contribution in [0.3, 0.4) is 0 Å². The summed E-state index contributed by atoms with van der Waals surface area (Å²) < 4.78 is 12.9. The van der Waals surface area contributed by atoms with Crippen LogP contribution < -0.4 is 10.1 Å². The number of amides is 2. The molecular formula is C31H37N7O4. The van der Waals surface area contributed by atoms with Gasteiger partial charge in [-0.3, -0.25) is 14.7 Å². The Morgan fingerprint density at radius 3 is 2.52 bits per heavy atom. The summed E-state index contributed by atoms with van der Waals surface area (Å²) in [6.07, 6.45) is 5.93. The molecule has 2 fully saturated rings. The molecule has 11 nitrogen and oxygen atoms in total. The summed E-state index contributed by atoms with van der Waals surface area (Å²) >= 11 is 0. The highest BCUT2D eigenvalue weighted by molar-refractivity contribution is 5.87. The van der Waals surface area contributed by atoms with Gasteiger partial charge in [0, 0.05) is 12.5 Å². The summed E-state index contributed by atoms with van der Waals surface area (Å²) in [5.41, 5.74) is 2.33. The van der Waals surface area contributed by atoms with Gasteiger partial charge in [-0.15, -0.1) is 5.10 Å². The van der Waals surface area contributed by atoms with Crippen LogP contribution in [0.1, 0.15) is 59.4 Å². The fourth-order valence-corrected chi connectivity index (χ4v) is 5.69. The van der Waals surface area contributed by atoms with Crippen LogP contribution in [0.25, 0.3) is 17.1 Å². The number of fused-ring (bicyclic) bond motifs is 2. The van der Waals surface area contributed by atoms with Crippen LogP contribution in [0.5, 0.6) is 5.75 Å². The number of hydrogen-bond acceptors (Lipinski definition) is 8. The largest absolute Gasteiger partial charge is 0.489 e. The van der Waals surface area contributed by atoms with Crippen molar-refractivity contribution in [3.05, 3.63) is 54.4 Å². The van der Waals surface area contributed by atoms with Gasteiger partial charge in [0.1, 0.15) is 29.1 Å². The first-order chi connectivity index (χ1) is 20.0. The number of aromatic nitrogens is 4. The quantitative estimate of drug-likeness (QED) is 0.419. The first-order valence-corrected chi connectivity index (χ1v) is 14.4. The van der Waals surface area contributed by atoms with Crippen molar-refractivity contribution in [1.82, 2.24) is 30.2 Å². The van der Waals surface area contributed by atoms with Crippen LogP contribution in [0.4, 0.5) is 4.79 Å². The van der Waals surface area contributed by atoms with Crippen molar-refractivity contribution in [2.24, 2.45) is 5.92 Å². The van der Waals surface area contributed by atoms with Crippen molar-refractivity contribution in [3.8, 4) is 28.9 Å². The second-order valence-electron chi connectivity index (χ2n) is 12.2.